The molecule has 0 aromatic carbocycles. The molecule has 0 saturated heterocycles. The molecule has 1 saturated carbocycles. The van der Waals surface area contributed by atoms with E-state index in [0.717, 1.165) is 18.5 Å². The fourth-order valence-corrected chi connectivity index (χ4v) is 2.74. The Morgan fingerprint density at radius 3 is 2.62 bits per heavy atom. The van der Waals surface area contributed by atoms with Crippen molar-refractivity contribution in [1.29, 1.82) is 0 Å². The molecule has 1 aliphatic carbocycles. The number of amides is 1. The fraction of sp³-hybridized carbons (Fsp3) is 0.533. The van der Waals surface area contributed by atoms with Gasteiger partial charge in [-0.25, -0.2) is 4.98 Å². The summed E-state index contributed by atoms with van der Waals surface area (Å²) in [5, 5.41) is 7.90. The maximum Gasteiger partial charge on any atom is 0.259 e. The van der Waals surface area contributed by atoms with Crippen LogP contribution >= 0.6 is 11.6 Å². The third kappa shape index (κ3) is 2.62. The van der Waals surface area contributed by atoms with Crippen LogP contribution in [0.4, 0.5) is 0 Å². The van der Waals surface area contributed by atoms with Crippen LogP contribution in [0.25, 0.3) is 11.1 Å². The van der Waals surface area contributed by atoms with Gasteiger partial charge in [0.25, 0.3) is 11.6 Å². The van der Waals surface area contributed by atoms with Gasteiger partial charge < -0.3 is 9.84 Å². The molecular weight excluding hydrogens is 290 g/mol. The van der Waals surface area contributed by atoms with Crippen LogP contribution in [0, 0.1) is 6.92 Å². The fourth-order valence-electron chi connectivity index (χ4n) is 2.36. The van der Waals surface area contributed by atoms with Crippen molar-refractivity contribution in [3.63, 3.8) is 0 Å². The highest BCUT2D eigenvalue weighted by Gasteiger charge is 2.33. The van der Waals surface area contributed by atoms with Crippen LogP contribution in [0.5, 0.6) is 0 Å². The van der Waals surface area contributed by atoms with Crippen molar-refractivity contribution in [1.82, 2.24) is 15.5 Å². The number of nitrogens with one attached hydrogen (secondary N) is 1. The van der Waals surface area contributed by atoms with Gasteiger partial charge in [-0.3, -0.25) is 4.79 Å². The molecule has 112 valence electrons. The lowest BCUT2D eigenvalue weighted by Crippen LogP contribution is -2.40. The van der Waals surface area contributed by atoms with Crippen LogP contribution < -0.4 is 5.32 Å². The van der Waals surface area contributed by atoms with Gasteiger partial charge in [-0.2, -0.15) is 0 Å². The third-order valence-electron chi connectivity index (χ3n) is 3.44. The quantitative estimate of drug-likeness (QED) is 0.920. The van der Waals surface area contributed by atoms with E-state index in [1.807, 2.05) is 20.8 Å². The van der Waals surface area contributed by atoms with Gasteiger partial charge in [0.05, 0.1) is 27.4 Å². The van der Waals surface area contributed by atoms with Crippen LogP contribution in [0.2, 0.25) is 5.02 Å². The van der Waals surface area contributed by atoms with Gasteiger partial charge in [-0.1, -0.05) is 16.8 Å². The Balaban J connectivity index is 2.20. The lowest BCUT2D eigenvalue weighted by molar-refractivity contribution is 0.0921. The van der Waals surface area contributed by atoms with Gasteiger partial charge >= 0.3 is 0 Å². The molecule has 3 rings (SSSR count). The Hall–Kier alpha value is -1.62. The van der Waals surface area contributed by atoms with Gasteiger partial charge in [0, 0.05) is 11.5 Å². The number of hydrogen-bond donors (Lipinski definition) is 1. The van der Waals surface area contributed by atoms with Crippen LogP contribution in [0.3, 0.4) is 0 Å². The lowest BCUT2D eigenvalue weighted by Gasteiger charge is -2.21. The first-order valence-electron chi connectivity index (χ1n) is 7.06. The minimum absolute atomic E-state index is 0.215. The summed E-state index contributed by atoms with van der Waals surface area (Å²) in [4.78, 5) is 17.1. The molecule has 1 fully saturated rings. The van der Waals surface area contributed by atoms with E-state index < -0.39 is 0 Å². The maximum absolute atomic E-state index is 12.6. The van der Waals surface area contributed by atoms with E-state index in [1.165, 1.54) is 0 Å². The van der Waals surface area contributed by atoms with Crippen LogP contribution in [-0.2, 0) is 0 Å². The Bertz CT molecular complexity index is 727. The Morgan fingerprint density at radius 1 is 1.38 bits per heavy atom. The van der Waals surface area contributed by atoms with Crippen LogP contribution in [0.15, 0.2) is 4.52 Å². The van der Waals surface area contributed by atoms with Gasteiger partial charge in [0.1, 0.15) is 0 Å². The van der Waals surface area contributed by atoms with E-state index in [1.54, 1.807) is 6.92 Å². The molecule has 0 atom stereocenters. The number of carbonyl (C=O) groups is 1. The number of rotatable bonds is 2. The number of carbonyl (C=O) groups excluding carboxylic acids is 1. The van der Waals surface area contributed by atoms with Crippen molar-refractivity contribution in [2.75, 3.05) is 0 Å². The zero-order valence-electron chi connectivity index (χ0n) is 12.6. The van der Waals surface area contributed by atoms with Gasteiger partial charge in [-0.15, -0.1) is 0 Å². The van der Waals surface area contributed by atoms with Gasteiger partial charge in [0.15, 0.2) is 0 Å². The van der Waals surface area contributed by atoms with E-state index in [0.29, 0.717) is 33.3 Å². The zero-order valence-corrected chi connectivity index (χ0v) is 13.3. The van der Waals surface area contributed by atoms with Crippen molar-refractivity contribution in [2.45, 2.75) is 52.0 Å². The van der Waals surface area contributed by atoms with Crippen LogP contribution in [-0.4, -0.2) is 21.6 Å². The summed E-state index contributed by atoms with van der Waals surface area (Å²) < 4.78 is 5.24. The third-order valence-corrected chi connectivity index (χ3v) is 3.82. The summed E-state index contributed by atoms with van der Waals surface area (Å²) >= 11 is 6.48. The Kier molecular flexibility index (Phi) is 3.20. The molecule has 0 spiro atoms. The normalized spacial score (nSPS) is 15.5. The molecular formula is C15H18ClN3O2. The average Bonchev–Trinajstić information content (AvgIpc) is 3.13. The van der Waals surface area contributed by atoms with Crippen molar-refractivity contribution in [3.05, 3.63) is 22.0 Å². The van der Waals surface area contributed by atoms with E-state index in [-0.39, 0.29) is 11.4 Å². The number of pyridine rings is 1. The molecule has 1 aliphatic rings. The Labute approximate surface area is 128 Å². The second kappa shape index (κ2) is 4.70. The Morgan fingerprint density at radius 2 is 2.05 bits per heavy atom. The molecule has 1 amide bonds. The smallest absolute Gasteiger partial charge is 0.259 e. The zero-order chi connectivity index (χ0) is 15.4. The first kappa shape index (κ1) is 14.3. The van der Waals surface area contributed by atoms with Gasteiger partial charge in [0.2, 0.25) is 0 Å². The maximum atomic E-state index is 12.6. The number of fused-ring (bicyclic) bond motifs is 1. The summed E-state index contributed by atoms with van der Waals surface area (Å²) in [6, 6.07) is 0. The molecule has 2 heterocycles. The SMILES string of the molecule is Cc1noc2nc(C3CC3)c(Cl)c(C(=O)NC(C)(C)C)c12. The minimum atomic E-state index is -0.346. The highest BCUT2D eigenvalue weighted by molar-refractivity contribution is 6.36. The predicted molar refractivity (Wildman–Crippen MR) is 80.7 cm³/mol. The topological polar surface area (TPSA) is 68.0 Å². The van der Waals surface area contributed by atoms with E-state index in [9.17, 15) is 4.79 Å². The second-order valence-electron chi connectivity index (χ2n) is 6.61. The first-order chi connectivity index (χ1) is 9.78. The molecule has 0 aliphatic heterocycles. The van der Waals surface area contributed by atoms with Gasteiger partial charge in [-0.05, 0) is 40.5 Å². The molecule has 0 unspecified atom stereocenters. The lowest BCUT2D eigenvalue weighted by atomic mass is 10.0. The highest BCUT2D eigenvalue weighted by atomic mass is 35.5. The molecule has 6 heteroatoms. The molecule has 2 aromatic heterocycles. The molecule has 0 bridgehead atoms. The number of halogens is 1. The van der Waals surface area contributed by atoms with E-state index in [4.69, 9.17) is 16.1 Å². The van der Waals surface area contributed by atoms with Crippen molar-refractivity contribution >= 4 is 28.6 Å². The minimum Gasteiger partial charge on any atom is -0.347 e. The second-order valence-corrected chi connectivity index (χ2v) is 6.99. The molecule has 2 aromatic rings. The summed E-state index contributed by atoms with van der Waals surface area (Å²) in [7, 11) is 0. The predicted octanol–water partition coefficient (Wildman–Crippen LogP) is 3.59. The number of aromatic nitrogens is 2. The van der Waals surface area contributed by atoms with Crippen molar-refractivity contribution in [3.8, 4) is 0 Å². The largest absolute Gasteiger partial charge is 0.347 e. The molecule has 0 radical (unpaired) electrons. The summed E-state index contributed by atoms with van der Waals surface area (Å²) in [6.07, 6.45) is 2.09. The molecule has 5 nitrogen and oxygen atoms in total. The number of aryl methyl sites for hydroxylation is 1. The van der Waals surface area contributed by atoms with Crippen molar-refractivity contribution < 1.29 is 9.32 Å². The first-order valence-corrected chi connectivity index (χ1v) is 7.43. The van der Waals surface area contributed by atoms with Crippen molar-refractivity contribution in [2.24, 2.45) is 0 Å². The summed E-state index contributed by atoms with van der Waals surface area (Å²) in [5.41, 5.74) is 1.84. The van der Waals surface area contributed by atoms with E-state index in [2.05, 4.69) is 15.5 Å². The van der Waals surface area contributed by atoms with E-state index >= 15 is 0 Å². The highest BCUT2D eigenvalue weighted by Crippen LogP contribution is 2.44. The van der Waals surface area contributed by atoms with Crippen LogP contribution in [0.1, 0.15) is 61.3 Å². The molecule has 1 N–H and O–H groups in total. The number of hydrogen-bond acceptors (Lipinski definition) is 4. The summed E-state index contributed by atoms with van der Waals surface area (Å²) in [6.45, 7) is 7.58. The standard InChI is InChI=1S/C15H18ClN3O2/c1-7-9-10(13(20)18-15(2,3)4)11(16)12(8-5-6-8)17-14(9)21-19-7/h8H,5-6H2,1-4H3,(H,18,20). The average molecular weight is 308 g/mol. The molecule has 21 heavy (non-hydrogen) atoms. The number of nitrogens with zero attached hydrogens (tertiary/aromatic N) is 2. The summed E-state index contributed by atoms with van der Waals surface area (Å²) in [5.74, 6) is 0.113. The monoisotopic (exact) mass is 307 g/mol.